The van der Waals surface area contributed by atoms with Crippen molar-refractivity contribution in [2.45, 2.75) is 47.0 Å². The maximum absolute atomic E-state index is 5.47. The first kappa shape index (κ1) is 16.7. The minimum atomic E-state index is 0.325. The summed E-state index contributed by atoms with van der Waals surface area (Å²) >= 11 is 0. The smallest absolute Gasteiger partial charge is 0.0112 e. The van der Waals surface area contributed by atoms with Crippen molar-refractivity contribution < 1.29 is 0 Å². The third-order valence-corrected chi connectivity index (χ3v) is 3.84. The largest absolute Gasteiger partial charge is 0.327 e. The van der Waals surface area contributed by atoms with Crippen LogP contribution in [0.3, 0.4) is 0 Å². The minimum Gasteiger partial charge on any atom is -0.327 e. The fourth-order valence-corrected chi connectivity index (χ4v) is 2.40. The Morgan fingerprint density at radius 3 is 2.65 bits per heavy atom. The summed E-state index contributed by atoms with van der Waals surface area (Å²) in [7, 11) is 0. The molecule has 1 aliphatic rings. The van der Waals surface area contributed by atoms with Crippen molar-refractivity contribution in [3.63, 3.8) is 0 Å². The molecule has 0 fully saturated rings. The van der Waals surface area contributed by atoms with Crippen molar-refractivity contribution in [2.75, 3.05) is 6.54 Å². The molecule has 0 aromatic rings. The third kappa shape index (κ3) is 5.75. The van der Waals surface area contributed by atoms with E-state index in [1.807, 2.05) is 6.08 Å². The van der Waals surface area contributed by atoms with Crippen LogP contribution in [0, 0.1) is 5.41 Å². The van der Waals surface area contributed by atoms with Gasteiger partial charge >= 0.3 is 0 Å². The molecule has 0 bridgehead atoms. The summed E-state index contributed by atoms with van der Waals surface area (Å²) in [4.78, 5) is 0. The van der Waals surface area contributed by atoms with Gasteiger partial charge in [0.25, 0.3) is 0 Å². The molecule has 1 heteroatoms. The van der Waals surface area contributed by atoms with Crippen LogP contribution in [0.2, 0.25) is 0 Å². The lowest BCUT2D eigenvalue weighted by molar-refractivity contribution is 0.385. The van der Waals surface area contributed by atoms with Crippen LogP contribution < -0.4 is 5.73 Å². The molecule has 0 amide bonds. The monoisotopic (exact) mass is 271 g/mol. The Bertz CT molecular complexity index is 456. The zero-order valence-electron chi connectivity index (χ0n) is 13.4. The number of rotatable bonds is 5. The molecular weight excluding hydrogens is 242 g/mol. The fraction of sp³-hybridized carbons (Fsp3) is 0.474. The Balaban J connectivity index is 2.66. The van der Waals surface area contributed by atoms with Crippen molar-refractivity contribution >= 4 is 0 Å². The van der Waals surface area contributed by atoms with Crippen LogP contribution in [0.15, 0.2) is 59.3 Å². The van der Waals surface area contributed by atoms with Gasteiger partial charge < -0.3 is 5.73 Å². The van der Waals surface area contributed by atoms with Gasteiger partial charge in [0.2, 0.25) is 0 Å². The molecule has 1 aliphatic carbocycles. The molecule has 0 spiro atoms. The minimum absolute atomic E-state index is 0.325. The summed E-state index contributed by atoms with van der Waals surface area (Å²) < 4.78 is 0. The summed E-state index contributed by atoms with van der Waals surface area (Å²) in [6, 6.07) is 0. The van der Waals surface area contributed by atoms with Crippen LogP contribution in [0.4, 0.5) is 0 Å². The quantitative estimate of drug-likeness (QED) is 0.693. The predicted molar refractivity (Wildman–Crippen MR) is 90.6 cm³/mol. The summed E-state index contributed by atoms with van der Waals surface area (Å²) in [6.07, 6.45) is 19.0. The van der Waals surface area contributed by atoms with Crippen LogP contribution in [0.1, 0.15) is 47.0 Å². The highest BCUT2D eigenvalue weighted by Gasteiger charge is 2.23. The molecule has 20 heavy (non-hydrogen) atoms. The van der Waals surface area contributed by atoms with Gasteiger partial charge in [-0.1, -0.05) is 67.5 Å². The second-order valence-electron chi connectivity index (χ2n) is 6.22. The van der Waals surface area contributed by atoms with E-state index in [0.717, 1.165) is 0 Å². The van der Waals surface area contributed by atoms with Gasteiger partial charge in [-0.15, -0.1) is 0 Å². The second kappa shape index (κ2) is 8.06. The molecule has 1 rings (SSSR count). The van der Waals surface area contributed by atoms with Gasteiger partial charge in [0.05, 0.1) is 0 Å². The fourth-order valence-electron chi connectivity index (χ4n) is 2.40. The first-order valence-electron chi connectivity index (χ1n) is 7.56. The Labute approximate surface area is 124 Å². The van der Waals surface area contributed by atoms with Gasteiger partial charge in [-0.25, -0.2) is 0 Å². The zero-order chi connectivity index (χ0) is 15.0. The van der Waals surface area contributed by atoms with Gasteiger partial charge in [0, 0.05) is 6.54 Å². The molecule has 0 saturated heterocycles. The Morgan fingerprint density at radius 1 is 1.25 bits per heavy atom. The molecule has 0 atom stereocenters. The summed E-state index contributed by atoms with van der Waals surface area (Å²) in [5, 5.41) is 0. The Kier molecular flexibility index (Phi) is 6.74. The van der Waals surface area contributed by atoms with E-state index >= 15 is 0 Å². The van der Waals surface area contributed by atoms with Crippen molar-refractivity contribution in [3.8, 4) is 0 Å². The summed E-state index contributed by atoms with van der Waals surface area (Å²) in [6.45, 7) is 9.48. The molecule has 2 N–H and O–H groups in total. The predicted octanol–water partition coefficient (Wildman–Crippen LogP) is 5.09. The average Bonchev–Trinajstić information content (AvgIpc) is 2.37. The maximum atomic E-state index is 5.47. The number of nitrogens with two attached hydrogens (primary N) is 1. The Morgan fingerprint density at radius 2 is 2.00 bits per heavy atom. The van der Waals surface area contributed by atoms with E-state index in [4.69, 9.17) is 5.73 Å². The number of hydrogen-bond acceptors (Lipinski definition) is 1. The van der Waals surface area contributed by atoms with Crippen LogP contribution in [-0.2, 0) is 0 Å². The lowest BCUT2D eigenvalue weighted by Crippen LogP contribution is -2.16. The van der Waals surface area contributed by atoms with Crippen molar-refractivity contribution in [3.05, 3.63) is 59.3 Å². The lowest BCUT2D eigenvalue weighted by atomic mass is 9.75. The molecule has 0 unspecified atom stereocenters. The van der Waals surface area contributed by atoms with E-state index in [2.05, 4.69) is 64.2 Å². The topological polar surface area (TPSA) is 26.0 Å². The molecule has 0 aromatic heterocycles. The highest BCUT2D eigenvalue weighted by atomic mass is 14.5. The van der Waals surface area contributed by atoms with Gasteiger partial charge in [-0.05, 0) is 44.1 Å². The van der Waals surface area contributed by atoms with Crippen LogP contribution in [0.25, 0.3) is 0 Å². The van der Waals surface area contributed by atoms with E-state index in [-0.39, 0.29) is 0 Å². The van der Waals surface area contributed by atoms with Crippen LogP contribution in [-0.4, -0.2) is 6.54 Å². The van der Waals surface area contributed by atoms with Crippen molar-refractivity contribution in [1.82, 2.24) is 0 Å². The van der Waals surface area contributed by atoms with Crippen LogP contribution >= 0.6 is 0 Å². The van der Waals surface area contributed by atoms with E-state index < -0.39 is 0 Å². The summed E-state index contributed by atoms with van der Waals surface area (Å²) in [5.41, 5.74) is 9.74. The van der Waals surface area contributed by atoms with E-state index in [9.17, 15) is 0 Å². The molecule has 0 heterocycles. The average molecular weight is 271 g/mol. The molecular formula is C19H29N. The molecule has 1 nitrogen and oxygen atoms in total. The number of hydrogen-bond donors (Lipinski definition) is 1. The standard InChI is InChI=1S/C19H29N/c1-16(8-7-9-17(2)13-15-20)11-12-18-10-5-6-14-19(18,3)4/h7-13H,5-6,14-15,20H2,1-4H3/b9-7+,12-11+,16-8+,17-13+. The normalized spacial score (nSPS) is 20.8. The molecule has 0 aliphatic heterocycles. The number of allylic oxidation sites excluding steroid dienone is 9. The maximum Gasteiger partial charge on any atom is 0.0112 e. The van der Waals surface area contributed by atoms with Crippen molar-refractivity contribution in [2.24, 2.45) is 11.1 Å². The second-order valence-corrected chi connectivity index (χ2v) is 6.22. The van der Waals surface area contributed by atoms with E-state index in [0.29, 0.717) is 12.0 Å². The van der Waals surface area contributed by atoms with Crippen LogP contribution in [0.5, 0.6) is 0 Å². The van der Waals surface area contributed by atoms with Crippen molar-refractivity contribution in [1.29, 1.82) is 0 Å². The molecule has 0 radical (unpaired) electrons. The molecule has 0 saturated carbocycles. The zero-order valence-corrected chi connectivity index (χ0v) is 13.4. The Hall–Kier alpha value is -1.34. The highest BCUT2D eigenvalue weighted by Crippen LogP contribution is 2.37. The third-order valence-electron chi connectivity index (χ3n) is 3.84. The van der Waals surface area contributed by atoms with Gasteiger partial charge in [-0.2, -0.15) is 0 Å². The van der Waals surface area contributed by atoms with Gasteiger partial charge in [-0.3, -0.25) is 0 Å². The lowest BCUT2D eigenvalue weighted by Gasteiger charge is -2.30. The van der Waals surface area contributed by atoms with Gasteiger partial charge in [0.1, 0.15) is 0 Å². The van der Waals surface area contributed by atoms with E-state index in [1.54, 1.807) is 0 Å². The molecule has 0 aromatic carbocycles. The van der Waals surface area contributed by atoms with E-state index in [1.165, 1.54) is 36.0 Å². The summed E-state index contributed by atoms with van der Waals surface area (Å²) in [5.74, 6) is 0. The first-order chi connectivity index (χ1) is 9.45. The SMILES string of the molecule is CC(/C=C/C1=CCCCC1(C)C)=C\C=C\C(C)=C\CN. The molecule has 110 valence electrons. The first-order valence-corrected chi connectivity index (χ1v) is 7.56. The highest BCUT2D eigenvalue weighted by molar-refractivity contribution is 5.34. The van der Waals surface area contributed by atoms with Gasteiger partial charge in [0.15, 0.2) is 0 Å².